The molecule has 182 valence electrons. The first-order valence-electron chi connectivity index (χ1n) is 10.6. The summed E-state index contributed by atoms with van der Waals surface area (Å²) in [4.78, 5) is 48.7. The highest BCUT2D eigenvalue weighted by molar-refractivity contribution is 6.09. The van der Waals surface area contributed by atoms with Crippen LogP contribution in [0.1, 0.15) is 46.3 Å². The van der Waals surface area contributed by atoms with Gasteiger partial charge in [-0.25, -0.2) is 9.59 Å². The average Bonchev–Trinajstić information content (AvgIpc) is 2.80. The van der Waals surface area contributed by atoms with Gasteiger partial charge in [-0.15, -0.1) is 0 Å². The van der Waals surface area contributed by atoms with Crippen molar-refractivity contribution < 1.29 is 42.9 Å². The fourth-order valence-corrected chi connectivity index (χ4v) is 4.24. The third kappa shape index (κ3) is 4.18. The molecule has 2 aromatic carbocycles. The second kappa shape index (κ2) is 9.13. The third-order valence-electron chi connectivity index (χ3n) is 5.80. The molecule has 0 spiro atoms. The quantitative estimate of drug-likeness (QED) is 0.241. The summed E-state index contributed by atoms with van der Waals surface area (Å²) < 4.78 is 26.3. The molecule has 0 aliphatic carbocycles. The topological polar surface area (TPSA) is 139 Å². The van der Waals surface area contributed by atoms with Crippen LogP contribution in [0.25, 0.3) is 11.0 Å². The Labute approximate surface area is 199 Å². The van der Waals surface area contributed by atoms with Crippen molar-refractivity contribution in [1.29, 1.82) is 0 Å². The number of fused-ring (bicyclic) bond motifs is 3. The van der Waals surface area contributed by atoms with Gasteiger partial charge in [0.2, 0.25) is 0 Å². The molecule has 1 atom stereocenters. The molecule has 0 saturated heterocycles. The van der Waals surface area contributed by atoms with Crippen molar-refractivity contribution in [1.82, 2.24) is 0 Å². The molecule has 3 aromatic rings. The molecule has 1 unspecified atom stereocenters. The number of aromatic hydroxyl groups is 1. The number of hydrogen-bond donors (Lipinski definition) is 1. The third-order valence-corrected chi connectivity index (χ3v) is 5.80. The lowest BCUT2D eigenvalue weighted by Gasteiger charge is -2.28. The Morgan fingerprint density at radius 3 is 2.54 bits per heavy atom. The van der Waals surface area contributed by atoms with E-state index in [9.17, 15) is 24.3 Å². The molecular formula is C25H22O10. The molecule has 0 radical (unpaired) electrons. The molecule has 0 fully saturated rings. The van der Waals surface area contributed by atoms with E-state index in [0.29, 0.717) is 11.1 Å². The number of methoxy groups -OCH3 is 2. The molecular weight excluding hydrogens is 460 g/mol. The summed E-state index contributed by atoms with van der Waals surface area (Å²) in [5, 5.41) is 11.1. The van der Waals surface area contributed by atoms with Crippen LogP contribution in [-0.2, 0) is 14.3 Å². The molecule has 1 N–H and O–H groups in total. The lowest BCUT2D eigenvalue weighted by atomic mass is 9.82. The van der Waals surface area contributed by atoms with E-state index in [2.05, 4.69) is 4.74 Å². The molecule has 1 aliphatic rings. The van der Waals surface area contributed by atoms with Gasteiger partial charge in [0.05, 0.1) is 26.0 Å². The van der Waals surface area contributed by atoms with E-state index in [4.69, 9.17) is 18.6 Å². The Balaban J connectivity index is 1.96. The van der Waals surface area contributed by atoms with Crippen LogP contribution in [-0.4, -0.2) is 43.7 Å². The van der Waals surface area contributed by atoms with Crippen molar-refractivity contribution in [3.05, 3.63) is 56.9 Å². The number of ether oxygens (including phenoxy) is 4. The summed E-state index contributed by atoms with van der Waals surface area (Å²) in [5.74, 6) is -2.48. The second-order valence-corrected chi connectivity index (χ2v) is 7.98. The Morgan fingerprint density at radius 2 is 1.89 bits per heavy atom. The zero-order chi connectivity index (χ0) is 25.4. The summed E-state index contributed by atoms with van der Waals surface area (Å²) in [6, 6.07) is 6.03. The molecule has 0 bridgehead atoms. The maximum absolute atomic E-state index is 12.6. The van der Waals surface area contributed by atoms with E-state index in [0.717, 1.165) is 0 Å². The first-order chi connectivity index (χ1) is 16.7. The van der Waals surface area contributed by atoms with Crippen molar-refractivity contribution in [2.75, 3.05) is 20.8 Å². The molecule has 35 heavy (non-hydrogen) atoms. The minimum absolute atomic E-state index is 0.0231. The van der Waals surface area contributed by atoms with E-state index in [1.807, 2.05) is 0 Å². The van der Waals surface area contributed by atoms with Crippen LogP contribution < -0.4 is 19.8 Å². The standard InChI is InChI=1S/C25H22O10/c1-11-7-17(27)34-24-20(11)23(30)21(12(2)26)25-22(24)14(9-18(28)35-25)13-5-6-15(16(8-13)31-3)33-10-19(29)32-4/h5-8,14,30H,9-10H2,1-4H3. The molecule has 10 heteroatoms. The van der Waals surface area contributed by atoms with E-state index >= 15 is 0 Å². The number of ketones is 1. The Kier molecular flexibility index (Phi) is 6.21. The van der Waals surface area contributed by atoms with Crippen LogP contribution in [0.3, 0.4) is 0 Å². The second-order valence-electron chi connectivity index (χ2n) is 7.98. The van der Waals surface area contributed by atoms with Crippen LogP contribution in [0.2, 0.25) is 0 Å². The van der Waals surface area contributed by atoms with Crippen molar-refractivity contribution in [2.45, 2.75) is 26.2 Å². The molecule has 10 nitrogen and oxygen atoms in total. The van der Waals surface area contributed by atoms with Crippen LogP contribution in [0, 0.1) is 6.92 Å². The van der Waals surface area contributed by atoms with Crippen molar-refractivity contribution in [3.63, 3.8) is 0 Å². The highest BCUT2D eigenvalue weighted by Gasteiger charge is 2.37. The summed E-state index contributed by atoms with van der Waals surface area (Å²) in [7, 11) is 2.65. The normalized spacial score (nSPS) is 14.7. The van der Waals surface area contributed by atoms with Gasteiger partial charge >= 0.3 is 17.6 Å². The van der Waals surface area contributed by atoms with Gasteiger partial charge < -0.3 is 28.5 Å². The predicted molar refractivity (Wildman–Crippen MR) is 121 cm³/mol. The van der Waals surface area contributed by atoms with E-state index in [1.54, 1.807) is 25.1 Å². The van der Waals surface area contributed by atoms with Crippen LogP contribution in [0.15, 0.2) is 33.5 Å². The smallest absolute Gasteiger partial charge is 0.343 e. The Hall–Kier alpha value is -4.34. The number of carbonyl (C=O) groups excluding carboxylic acids is 3. The largest absolute Gasteiger partial charge is 0.506 e. The Bertz CT molecular complexity index is 1430. The maximum Gasteiger partial charge on any atom is 0.343 e. The lowest BCUT2D eigenvalue weighted by Crippen LogP contribution is -2.24. The minimum Gasteiger partial charge on any atom is -0.506 e. The zero-order valence-corrected chi connectivity index (χ0v) is 19.4. The summed E-state index contributed by atoms with van der Waals surface area (Å²) in [5.41, 5.74) is 0.442. The van der Waals surface area contributed by atoms with Gasteiger partial charge in [0.15, 0.2) is 29.6 Å². The Morgan fingerprint density at radius 1 is 1.14 bits per heavy atom. The van der Waals surface area contributed by atoms with E-state index in [-0.39, 0.29) is 52.4 Å². The van der Waals surface area contributed by atoms with Gasteiger partial charge in [-0.3, -0.25) is 9.59 Å². The maximum atomic E-state index is 12.6. The van der Waals surface area contributed by atoms with Crippen LogP contribution in [0.5, 0.6) is 23.0 Å². The predicted octanol–water partition coefficient (Wildman–Crippen LogP) is 3.01. The summed E-state index contributed by atoms with van der Waals surface area (Å²) in [6.07, 6.45) is -0.132. The number of hydrogen-bond acceptors (Lipinski definition) is 10. The number of esters is 2. The van der Waals surface area contributed by atoms with Gasteiger partial charge in [-0.1, -0.05) is 6.07 Å². The number of phenolic OH excluding ortho intramolecular Hbond substituents is 1. The number of benzene rings is 2. The number of Topliss-reactive ketones (excluding diaryl/α,β-unsaturated/α-hetero) is 1. The molecule has 0 saturated carbocycles. The van der Waals surface area contributed by atoms with Crippen molar-refractivity contribution in [2.24, 2.45) is 0 Å². The summed E-state index contributed by atoms with van der Waals surface area (Å²) >= 11 is 0. The van der Waals surface area contributed by atoms with Crippen LogP contribution >= 0.6 is 0 Å². The molecule has 0 amide bonds. The molecule has 4 rings (SSSR count). The fourth-order valence-electron chi connectivity index (χ4n) is 4.24. The number of aryl methyl sites for hydroxylation is 1. The highest BCUT2D eigenvalue weighted by atomic mass is 16.6. The van der Waals surface area contributed by atoms with Gasteiger partial charge in [0.25, 0.3) is 0 Å². The van der Waals surface area contributed by atoms with Crippen LogP contribution in [0.4, 0.5) is 0 Å². The lowest BCUT2D eigenvalue weighted by molar-refractivity contribution is -0.143. The monoisotopic (exact) mass is 482 g/mol. The molecule has 2 heterocycles. The fraction of sp³-hybridized carbons (Fsp3) is 0.280. The van der Waals surface area contributed by atoms with Crippen molar-refractivity contribution in [3.8, 4) is 23.0 Å². The van der Waals surface area contributed by atoms with Gasteiger partial charge in [0.1, 0.15) is 16.9 Å². The number of phenols is 1. The SMILES string of the molecule is COC(=O)COc1ccc(C2CC(=O)Oc3c(C(C)=O)c(O)c4c(C)cc(=O)oc4c32)cc1OC. The van der Waals surface area contributed by atoms with Crippen molar-refractivity contribution >= 4 is 28.7 Å². The van der Waals surface area contributed by atoms with Gasteiger partial charge in [0, 0.05) is 17.5 Å². The van der Waals surface area contributed by atoms with E-state index < -0.39 is 35.0 Å². The first kappa shape index (κ1) is 23.8. The average molecular weight is 482 g/mol. The summed E-state index contributed by atoms with van der Waals surface area (Å²) in [6.45, 7) is 2.51. The number of rotatable bonds is 6. The zero-order valence-electron chi connectivity index (χ0n) is 19.4. The van der Waals surface area contributed by atoms with Gasteiger partial charge in [-0.05, 0) is 37.1 Å². The van der Waals surface area contributed by atoms with Gasteiger partial charge in [-0.2, -0.15) is 0 Å². The first-order valence-corrected chi connectivity index (χ1v) is 10.6. The van der Waals surface area contributed by atoms with E-state index in [1.165, 1.54) is 27.2 Å². The number of carbonyl (C=O) groups is 3. The molecule has 1 aliphatic heterocycles. The minimum atomic E-state index is -0.707. The highest BCUT2D eigenvalue weighted by Crippen LogP contribution is 2.50. The molecule has 1 aromatic heterocycles.